The van der Waals surface area contributed by atoms with Crippen LogP contribution in [0.15, 0.2) is 18.2 Å². The van der Waals surface area contributed by atoms with E-state index in [1.165, 1.54) is 17.5 Å². The minimum Gasteiger partial charge on any atom is -0.387 e. The maximum Gasteiger partial charge on any atom is 0.0919 e. The van der Waals surface area contributed by atoms with Crippen LogP contribution >= 0.6 is 0 Å². The molecule has 1 heterocycles. The second-order valence-electron chi connectivity index (χ2n) is 6.34. The fourth-order valence-electron chi connectivity index (χ4n) is 3.13. The van der Waals surface area contributed by atoms with Gasteiger partial charge >= 0.3 is 0 Å². The SMILES string of the molecule is Cc1ccc(C)c(C(O)CN2CCCN(C)CC2C)c1. The van der Waals surface area contributed by atoms with E-state index in [1.54, 1.807) is 0 Å². The standard InChI is InChI=1S/C17H28N2O/c1-13-6-7-14(2)16(10-13)17(20)12-19-9-5-8-18(4)11-15(19)3/h6-7,10,15,17,20H,5,8-9,11-12H2,1-4H3. The van der Waals surface area contributed by atoms with Gasteiger partial charge < -0.3 is 10.0 Å². The summed E-state index contributed by atoms with van der Waals surface area (Å²) in [6, 6.07) is 6.83. The van der Waals surface area contributed by atoms with Gasteiger partial charge in [0.05, 0.1) is 6.10 Å². The van der Waals surface area contributed by atoms with Crippen molar-refractivity contribution in [1.29, 1.82) is 0 Å². The molecule has 20 heavy (non-hydrogen) atoms. The van der Waals surface area contributed by atoms with Gasteiger partial charge in [0.1, 0.15) is 0 Å². The van der Waals surface area contributed by atoms with Crippen molar-refractivity contribution in [3.05, 3.63) is 34.9 Å². The average molecular weight is 276 g/mol. The Hall–Kier alpha value is -0.900. The molecule has 2 unspecified atom stereocenters. The smallest absolute Gasteiger partial charge is 0.0919 e. The molecule has 3 heteroatoms. The maximum atomic E-state index is 10.6. The predicted octanol–water partition coefficient (Wildman–Crippen LogP) is 2.36. The highest BCUT2D eigenvalue weighted by molar-refractivity contribution is 5.32. The van der Waals surface area contributed by atoms with E-state index in [-0.39, 0.29) is 6.10 Å². The Bertz CT molecular complexity index is 447. The van der Waals surface area contributed by atoms with E-state index in [2.05, 4.69) is 55.8 Å². The lowest BCUT2D eigenvalue weighted by Crippen LogP contribution is -2.40. The van der Waals surface area contributed by atoms with Crippen LogP contribution in [-0.2, 0) is 0 Å². The van der Waals surface area contributed by atoms with E-state index in [1.807, 2.05) is 0 Å². The number of nitrogens with zero attached hydrogens (tertiary/aromatic N) is 2. The minimum atomic E-state index is -0.388. The lowest BCUT2D eigenvalue weighted by molar-refractivity contribution is 0.0916. The van der Waals surface area contributed by atoms with Gasteiger partial charge in [-0.15, -0.1) is 0 Å². The quantitative estimate of drug-likeness (QED) is 0.918. The summed E-state index contributed by atoms with van der Waals surface area (Å²) >= 11 is 0. The lowest BCUT2D eigenvalue weighted by atomic mass is 10.00. The van der Waals surface area contributed by atoms with Crippen LogP contribution in [0.1, 0.15) is 36.1 Å². The monoisotopic (exact) mass is 276 g/mol. The Labute approximate surface area is 123 Å². The first-order valence-electron chi connectivity index (χ1n) is 7.65. The zero-order valence-corrected chi connectivity index (χ0v) is 13.3. The Morgan fingerprint density at radius 3 is 2.80 bits per heavy atom. The van der Waals surface area contributed by atoms with E-state index < -0.39 is 0 Å². The van der Waals surface area contributed by atoms with E-state index in [0.717, 1.165) is 31.7 Å². The summed E-state index contributed by atoms with van der Waals surface area (Å²) in [7, 11) is 2.18. The van der Waals surface area contributed by atoms with Crippen LogP contribution in [0, 0.1) is 13.8 Å². The number of aryl methyl sites for hydroxylation is 2. The Morgan fingerprint density at radius 2 is 2.05 bits per heavy atom. The van der Waals surface area contributed by atoms with E-state index in [0.29, 0.717) is 6.04 Å². The van der Waals surface area contributed by atoms with Gasteiger partial charge in [-0.05, 0) is 58.5 Å². The molecule has 3 nitrogen and oxygen atoms in total. The topological polar surface area (TPSA) is 26.7 Å². The van der Waals surface area contributed by atoms with Crippen molar-refractivity contribution in [3.63, 3.8) is 0 Å². The van der Waals surface area contributed by atoms with Gasteiger partial charge in [-0.2, -0.15) is 0 Å². The Kier molecular flexibility index (Phi) is 5.19. The number of β-amino-alcohol motifs (C(OH)–C–C–N with tert-alkyl or cyclic N) is 1. The van der Waals surface area contributed by atoms with Gasteiger partial charge in [0, 0.05) is 19.1 Å². The first-order chi connectivity index (χ1) is 9.47. The third kappa shape index (κ3) is 3.81. The molecule has 0 saturated carbocycles. The molecule has 2 rings (SSSR count). The summed E-state index contributed by atoms with van der Waals surface area (Å²) in [6.07, 6.45) is 0.793. The first kappa shape index (κ1) is 15.5. The van der Waals surface area contributed by atoms with Gasteiger partial charge in [0.15, 0.2) is 0 Å². The highest BCUT2D eigenvalue weighted by Gasteiger charge is 2.23. The maximum absolute atomic E-state index is 10.6. The molecule has 0 bridgehead atoms. The molecule has 1 aliphatic rings. The second kappa shape index (κ2) is 6.70. The van der Waals surface area contributed by atoms with Gasteiger partial charge in [-0.3, -0.25) is 4.90 Å². The van der Waals surface area contributed by atoms with Crippen LogP contribution in [0.5, 0.6) is 0 Å². The van der Waals surface area contributed by atoms with E-state index >= 15 is 0 Å². The van der Waals surface area contributed by atoms with E-state index in [4.69, 9.17) is 0 Å². The fraction of sp³-hybridized carbons (Fsp3) is 0.647. The lowest BCUT2D eigenvalue weighted by Gasteiger charge is -2.30. The van der Waals surface area contributed by atoms with Crippen LogP contribution in [0.2, 0.25) is 0 Å². The molecule has 0 radical (unpaired) electrons. The molecular formula is C17H28N2O. The van der Waals surface area contributed by atoms with Crippen molar-refractivity contribution in [2.24, 2.45) is 0 Å². The molecule has 1 fully saturated rings. The molecule has 0 spiro atoms. The number of hydrogen-bond acceptors (Lipinski definition) is 3. The zero-order chi connectivity index (χ0) is 14.7. The normalized spacial score (nSPS) is 23.6. The number of benzene rings is 1. The van der Waals surface area contributed by atoms with Crippen molar-refractivity contribution in [2.45, 2.75) is 39.3 Å². The molecule has 0 aromatic heterocycles. The largest absolute Gasteiger partial charge is 0.387 e. The number of aliphatic hydroxyl groups is 1. The molecule has 1 N–H and O–H groups in total. The van der Waals surface area contributed by atoms with Crippen molar-refractivity contribution < 1.29 is 5.11 Å². The molecule has 2 atom stereocenters. The third-order valence-electron chi connectivity index (χ3n) is 4.39. The van der Waals surface area contributed by atoms with Gasteiger partial charge in [0.25, 0.3) is 0 Å². The molecule has 0 aliphatic carbocycles. The summed E-state index contributed by atoms with van der Waals surface area (Å²) in [4.78, 5) is 4.81. The van der Waals surface area contributed by atoms with Crippen molar-refractivity contribution in [3.8, 4) is 0 Å². The zero-order valence-electron chi connectivity index (χ0n) is 13.3. The number of hydrogen-bond donors (Lipinski definition) is 1. The highest BCUT2D eigenvalue weighted by atomic mass is 16.3. The molecular weight excluding hydrogens is 248 g/mol. The first-order valence-corrected chi connectivity index (χ1v) is 7.65. The van der Waals surface area contributed by atoms with Crippen LogP contribution in [0.4, 0.5) is 0 Å². The van der Waals surface area contributed by atoms with Crippen molar-refractivity contribution in [1.82, 2.24) is 9.80 Å². The van der Waals surface area contributed by atoms with Gasteiger partial charge in [-0.1, -0.05) is 23.8 Å². The second-order valence-corrected chi connectivity index (χ2v) is 6.34. The van der Waals surface area contributed by atoms with Crippen molar-refractivity contribution in [2.75, 3.05) is 33.2 Å². The number of likely N-dealkylation sites (N-methyl/N-ethyl adjacent to an activating group) is 1. The molecule has 1 saturated heterocycles. The Morgan fingerprint density at radius 1 is 1.30 bits per heavy atom. The van der Waals surface area contributed by atoms with Crippen LogP contribution in [-0.4, -0.2) is 54.2 Å². The summed E-state index contributed by atoms with van der Waals surface area (Å²) < 4.78 is 0. The fourth-order valence-corrected chi connectivity index (χ4v) is 3.13. The van der Waals surface area contributed by atoms with Crippen molar-refractivity contribution >= 4 is 0 Å². The molecule has 1 aromatic rings. The van der Waals surface area contributed by atoms with E-state index in [9.17, 15) is 5.11 Å². The van der Waals surface area contributed by atoms with Gasteiger partial charge in [-0.25, -0.2) is 0 Å². The average Bonchev–Trinajstić information content (AvgIpc) is 2.54. The number of aliphatic hydroxyl groups excluding tert-OH is 1. The number of rotatable bonds is 3. The summed E-state index contributed by atoms with van der Waals surface area (Å²) in [5.74, 6) is 0. The predicted molar refractivity (Wildman–Crippen MR) is 84.0 cm³/mol. The molecule has 1 aromatic carbocycles. The molecule has 112 valence electrons. The summed E-state index contributed by atoms with van der Waals surface area (Å²) in [5, 5.41) is 10.6. The Balaban J connectivity index is 2.06. The molecule has 0 amide bonds. The molecule has 1 aliphatic heterocycles. The van der Waals surface area contributed by atoms with Gasteiger partial charge in [0.2, 0.25) is 0 Å². The summed E-state index contributed by atoms with van der Waals surface area (Å²) in [5.41, 5.74) is 3.48. The van der Waals surface area contributed by atoms with Crippen LogP contribution in [0.3, 0.4) is 0 Å². The van der Waals surface area contributed by atoms with Crippen LogP contribution in [0.25, 0.3) is 0 Å². The minimum absolute atomic E-state index is 0.388. The third-order valence-corrected chi connectivity index (χ3v) is 4.39. The highest BCUT2D eigenvalue weighted by Crippen LogP contribution is 2.22. The summed E-state index contributed by atoms with van der Waals surface area (Å²) in [6.45, 7) is 10.5. The van der Waals surface area contributed by atoms with Crippen LogP contribution < -0.4 is 0 Å².